The highest BCUT2D eigenvalue weighted by Crippen LogP contribution is 2.23. The maximum absolute atomic E-state index is 12.7. The zero-order chi connectivity index (χ0) is 13.4. The highest BCUT2D eigenvalue weighted by atomic mass is 19.1. The second kappa shape index (κ2) is 4.60. The van der Waals surface area contributed by atoms with Gasteiger partial charge in [0.2, 0.25) is 11.9 Å². The van der Waals surface area contributed by atoms with Gasteiger partial charge in [-0.15, -0.1) is 0 Å². The van der Waals surface area contributed by atoms with Gasteiger partial charge in [0.1, 0.15) is 0 Å². The summed E-state index contributed by atoms with van der Waals surface area (Å²) in [5.74, 6) is -0.560. The zero-order valence-corrected chi connectivity index (χ0v) is 10.4. The molecule has 1 aromatic heterocycles. The molecule has 2 aliphatic heterocycles. The lowest BCUT2D eigenvalue weighted by Gasteiger charge is -2.37. The van der Waals surface area contributed by atoms with Gasteiger partial charge in [-0.3, -0.25) is 9.59 Å². The first-order valence-corrected chi connectivity index (χ1v) is 6.35. The van der Waals surface area contributed by atoms with Crippen molar-refractivity contribution >= 4 is 11.8 Å². The molecule has 100 valence electrons. The second-order valence-electron chi connectivity index (χ2n) is 4.90. The summed E-state index contributed by atoms with van der Waals surface area (Å²) in [4.78, 5) is 30.9. The standard InChI is InChI=1S/C13H14FN3O2/c14-11-3-1-9(7-15-11)13(19)16-5-6-17-10(8-16)2-4-12(17)18/h1,3,7,10H,2,4-6,8H2. The fourth-order valence-electron chi connectivity index (χ4n) is 2.73. The number of aromatic nitrogens is 1. The Morgan fingerprint density at radius 3 is 2.95 bits per heavy atom. The van der Waals surface area contributed by atoms with Crippen molar-refractivity contribution < 1.29 is 14.0 Å². The normalized spacial score (nSPS) is 22.6. The van der Waals surface area contributed by atoms with Gasteiger partial charge >= 0.3 is 0 Å². The average molecular weight is 263 g/mol. The van der Waals surface area contributed by atoms with Gasteiger partial charge in [-0.25, -0.2) is 4.98 Å². The maximum atomic E-state index is 12.7. The van der Waals surface area contributed by atoms with Gasteiger partial charge in [0.15, 0.2) is 0 Å². The molecule has 19 heavy (non-hydrogen) atoms. The first-order chi connectivity index (χ1) is 9.15. The van der Waals surface area contributed by atoms with E-state index in [2.05, 4.69) is 4.98 Å². The van der Waals surface area contributed by atoms with E-state index in [-0.39, 0.29) is 17.9 Å². The first-order valence-electron chi connectivity index (χ1n) is 6.35. The number of amides is 2. The Labute approximate surface area is 110 Å². The van der Waals surface area contributed by atoms with Crippen LogP contribution in [0.3, 0.4) is 0 Å². The van der Waals surface area contributed by atoms with Gasteiger partial charge < -0.3 is 9.80 Å². The Hall–Kier alpha value is -1.98. The van der Waals surface area contributed by atoms with Crippen molar-refractivity contribution in [1.29, 1.82) is 0 Å². The molecular weight excluding hydrogens is 249 g/mol. The molecule has 2 fully saturated rings. The van der Waals surface area contributed by atoms with E-state index in [4.69, 9.17) is 0 Å². The van der Waals surface area contributed by atoms with Crippen LogP contribution in [0.2, 0.25) is 0 Å². The number of pyridine rings is 1. The van der Waals surface area contributed by atoms with E-state index in [1.807, 2.05) is 4.90 Å². The number of hydrogen-bond donors (Lipinski definition) is 0. The summed E-state index contributed by atoms with van der Waals surface area (Å²) >= 11 is 0. The number of fused-ring (bicyclic) bond motifs is 1. The van der Waals surface area contributed by atoms with Crippen LogP contribution in [0.15, 0.2) is 18.3 Å². The third-order valence-corrected chi connectivity index (χ3v) is 3.76. The van der Waals surface area contributed by atoms with Crippen LogP contribution in [0, 0.1) is 5.95 Å². The number of nitrogens with zero attached hydrogens (tertiary/aromatic N) is 3. The fraction of sp³-hybridized carbons (Fsp3) is 0.462. The zero-order valence-electron chi connectivity index (χ0n) is 10.4. The van der Waals surface area contributed by atoms with E-state index in [0.717, 1.165) is 6.42 Å². The lowest BCUT2D eigenvalue weighted by atomic mass is 10.1. The van der Waals surface area contributed by atoms with Gasteiger partial charge in [0.05, 0.1) is 5.56 Å². The van der Waals surface area contributed by atoms with Crippen molar-refractivity contribution in [3.63, 3.8) is 0 Å². The van der Waals surface area contributed by atoms with Gasteiger partial charge in [-0.05, 0) is 18.6 Å². The molecule has 2 saturated heterocycles. The average Bonchev–Trinajstić information content (AvgIpc) is 2.80. The molecule has 2 amide bonds. The summed E-state index contributed by atoms with van der Waals surface area (Å²) in [6.45, 7) is 1.67. The van der Waals surface area contributed by atoms with Crippen LogP contribution in [-0.2, 0) is 4.79 Å². The molecule has 0 bridgehead atoms. The molecule has 0 radical (unpaired) electrons. The van der Waals surface area contributed by atoms with E-state index >= 15 is 0 Å². The number of piperazine rings is 1. The summed E-state index contributed by atoms with van der Waals surface area (Å²) in [7, 11) is 0. The first kappa shape index (κ1) is 12.1. The number of hydrogen-bond acceptors (Lipinski definition) is 3. The minimum Gasteiger partial charge on any atom is -0.336 e. The van der Waals surface area contributed by atoms with E-state index in [0.29, 0.717) is 31.6 Å². The van der Waals surface area contributed by atoms with Crippen LogP contribution in [0.25, 0.3) is 0 Å². The van der Waals surface area contributed by atoms with Gasteiger partial charge in [-0.1, -0.05) is 0 Å². The monoisotopic (exact) mass is 263 g/mol. The summed E-state index contributed by atoms with van der Waals surface area (Å²) in [6, 6.07) is 2.76. The largest absolute Gasteiger partial charge is 0.336 e. The van der Waals surface area contributed by atoms with E-state index in [1.54, 1.807) is 4.90 Å². The number of halogens is 1. The van der Waals surface area contributed by atoms with Crippen molar-refractivity contribution in [2.24, 2.45) is 0 Å². The molecule has 1 aromatic rings. The predicted molar refractivity (Wildman–Crippen MR) is 64.8 cm³/mol. The number of carbonyl (C=O) groups excluding carboxylic acids is 2. The van der Waals surface area contributed by atoms with E-state index in [1.165, 1.54) is 18.3 Å². The van der Waals surface area contributed by atoms with Crippen molar-refractivity contribution in [3.05, 3.63) is 29.8 Å². The number of carbonyl (C=O) groups is 2. The molecule has 2 aliphatic rings. The minimum atomic E-state index is -0.595. The third-order valence-electron chi connectivity index (χ3n) is 3.76. The second-order valence-corrected chi connectivity index (χ2v) is 4.90. The SMILES string of the molecule is O=C(c1ccc(F)nc1)N1CCN2C(=O)CCC2C1. The molecule has 0 N–H and O–H groups in total. The molecule has 3 heterocycles. The van der Waals surface area contributed by atoms with Crippen molar-refractivity contribution in [2.75, 3.05) is 19.6 Å². The molecule has 3 rings (SSSR count). The highest BCUT2D eigenvalue weighted by molar-refractivity contribution is 5.94. The molecule has 1 atom stereocenters. The molecule has 1 unspecified atom stereocenters. The molecule has 0 aliphatic carbocycles. The lowest BCUT2D eigenvalue weighted by Crippen LogP contribution is -2.53. The molecular formula is C13H14FN3O2. The summed E-state index contributed by atoms with van der Waals surface area (Å²) in [5.41, 5.74) is 0.388. The Bertz CT molecular complexity index is 517. The lowest BCUT2D eigenvalue weighted by molar-refractivity contribution is -0.130. The summed E-state index contributed by atoms with van der Waals surface area (Å²) in [6.07, 6.45) is 2.64. The molecule has 0 spiro atoms. The van der Waals surface area contributed by atoms with Crippen LogP contribution < -0.4 is 0 Å². The van der Waals surface area contributed by atoms with Crippen LogP contribution in [0.1, 0.15) is 23.2 Å². The molecule has 0 aromatic carbocycles. The highest BCUT2D eigenvalue weighted by Gasteiger charge is 2.37. The molecule has 0 saturated carbocycles. The van der Waals surface area contributed by atoms with Crippen molar-refractivity contribution in [2.45, 2.75) is 18.9 Å². The smallest absolute Gasteiger partial charge is 0.255 e. The Morgan fingerprint density at radius 1 is 1.37 bits per heavy atom. The molecule has 6 heteroatoms. The maximum Gasteiger partial charge on any atom is 0.255 e. The van der Waals surface area contributed by atoms with Crippen molar-refractivity contribution in [1.82, 2.24) is 14.8 Å². The van der Waals surface area contributed by atoms with Crippen LogP contribution in [0.5, 0.6) is 0 Å². The van der Waals surface area contributed by atoms with Gasteiger partial charge in [0, 0.05) is 38.3 Å². The number of rotatable bonds is 1. The topological polar surface area (TPSA) is 53.5 Å². The van der Waals surface area contributed by atoms with Crippen LogP contribution >= 0.6 is 0 Å². The minimum absolute atomic E-state index is 0.138. The Balaban J connectivity index is 1.72. The predicted octanol–water partition coefficient (Wildman–Crippen LogP) is 0.667. The summed E-state index contributed by atoms with van der Waals surface area (Å²) < 4.78 is 12.7. The van der Waals surface area contributed by atoms with Crippen LogP contribution in [0.4, 0.5) is 4.39 Å². The fourth-order valence-corrected chi connectivity index (χ4v) is 2.73. The molecule has 5 nitrogen and oxygen atoms in total. The van der Waals surface area contributed by atoms with Crippen LogP contribution in [-0.4, -0.2) is 52.3 Å². The Kier molecular flexibility index (Phi) is 2.93. The van der Waals surface area contributed by atoms with Gasteiger partial charge in [-0.2, -0.15) is 4.39 Å². The van der Waals surface area contributed by atoms with Gasteiger partial charge in [0.25, 0.3) is 5.91 Å². The van der Waals surface area contributed by atoms with E-state index in [9.17, 15) is 14.0 Å². The summed E-state index contributed by atoms with van der Waals surface area (Å²) in [5, 5.41) is 0. The third kappa shape index (κ3) is 2.18. The van der Waals surface area contributed by atoms with E-state index < -0.39 is 5.95 Å². The van der Waals surface area contributed by atoms with Crippen molar-refractivity contribution in [3.8, 4) is 0 Å². The quantitative estimate of drug-likeness (QED) is 0.700. The Morgan fingerprint density at radius 2 is 2.21 bits per heavy atom.